The standard InChI is InChI=1S/C16H23N3O/c1-13(2)9-17-10-15-12-20-16(18-15)19(3)11-14-7-5-4-6-8-14/h4-8,12-13,17H,9-11H2,1-3H3. The molecule has 1 aromatic heterocycles. The van der Waals surface area contributed by atoms with Crippen LogP contribution < -0.4 is 10.2 Å². The van der Waals surface area contributed by atoms with Gasteiger partial charge in [-0.2, -0.15) is 4.98 Å². The van der Waals surface area contributed by atoms with Crippen LogP contribution in [-0.4, -0.2) is 18.6 Å². The van der Waals surface area contributed by atoms with Gasteiger partial charge in [-0.25, -0.2) is 0 Å². The van der Waals surface area contributed by atoms with E-state index in [1.807, 2.05) is 30.1 Å². The summed E-state index contributed by atoms with van der Waals surface area (Å²) >= 11 is 0. The minimum Gasteiger partial charge on any atom is -0.432 e. The predicted octanol–water partition coefficient (Wildman–Crippen LogP) is 3.06. The molecule has 4 nitrogen and oxygen atoms in total. The molecule has 4 heteroatoms. The van der Waals surface area contributed by atoms with Gasteiger partial charge in [0.2, 0.25) is 0 Å². The summed E-state index contributed by atoms with van der Waals surface area (Å²) in [5.74, 6) is 0.641. The summed E-state index contributed by atoms with van der Waals surface area (Å²) in [5, 5.41) is 3.36. The number of hydrogen-bond donors (Lipinski definition) is 1. The fourth-order valence-electron chi connectivity index (χ4n) is 1.97. The zero-order chi connectivity index (χ0) is 14.4. The molecule has 0 saturated heterocycles. The van der Waals surface area contributed by atoms with Crippen molar-refractivity contribution in [2.75, 3.05) is 18.5 Å². The van der Waals surface area contributed by atoms with Crippen molar-refractivity contribution in [3.63, 3.8) is 0 Å². The van der Waals surface area contributed by atoms with E-state index >= 15 is 0 Å². The van der Waals surface area contributed by atoms with Crippen LogP contribution in [0.1, 0.15) is 25.1 Å². The average Bonchev–Trinajstić information content (AvgIpc) is 2.88. The van der Waals surface area contributed by atoms with E-state index in [9.17, 15) is 0 Å². The predicted molar refractivity (Wildman–Crippen MR) is 81.6 cm³/mol. The average molecular weight is 273 g/mol. The van der Waals surface area contributed by atoms with Crippen LogP contribution in [0.3, 0.4) is 0 Å². The van der Waals surface area contributed by atoms with Crippen LogP contribution in [0.25, 0.3) is 0 Å². The maximum atomic E-state index is 5.53. The molecule has 0 aliphatic heterocycles. The van der Waals surface area contributed by atoms with E-state index in [1.54, 1.807) is 6.26 Å². The molecule has 2 aromatic rings. The first-order valence-electron chi connectivity index (χ1n) is 7.05. The van der Waals surface area contributed by atoms with Gasteiger partial charge in [0.25, 0.3) is 6.01 Å². The van der Waals surface area contributed by atoms with Crippen LogP contribution in [0.5, 0.6) is 0 Å². The van der Waals surface area contributed by atoms with Crippen molar-refractivity contribution in [2.45, 2.75) is 26.9 Å². The van der Waals surface area contributed by atoms with Crippen LogP contribution in [0, 0.1) is 5.92 Å². The van der Waals surface area contributed by atoms with Crippen molar-refractivity contribution in [3.8, 4) is 0 Å². The van der Waals surface area contributed by atoms with Crippen LogP contribution in [-0.2, 0) is 13.1 Å². The number of benzene rings is 1. The summed E-state index contributed by atoms with van der Waals surface area (Å²) in [6, 6.07) is 11.0. The highest BCUT2D eigenvalue weighted by Crippen LogP contribution is 2.14. The molecule has 0 aliphatic rings. The lowest BCUT2D eigenvalue weighted by molar-refractivity contribution is 0.535. The van der Waals surface area contributed by atoms with Gasteiger partial charge in [0.15, 0.2) is 0 Å². The summed E-state index contributed by atoms with van der Waals surface area (Å²) in [6.45, 7) is 6.91. The van der Waals surface area contributed by atoms with E-state index in [4.69, 9.17) is 4.42 Å². The molecule has 0 aliphatic carbocycles. The lowest BCUT2D eigenvalue weighted by atomic mass is 10.2. The Morgan fingerprint density at radius 3 is 2.70 bits per heavy atom. The molecule has 0 bridgehead atoms. The largest absolute Gasteiger partial charge is 0.432 e. The maximum Gasteiger partial charge on any atom is 0.297 e. The number of anilines is 1. The Kier molecular flexibility index (Phi) is 5.18. The minimum absolute atomic E-state index is 0.641. The Labute approximate surface area is 120 Å². The van der Waals surface area contributed by atoms with E-state index in [-0.39, 0.29) is 0 Å². The van der Waals surface area contributed by atoms with Gasteiger partial charge in [0.1, 0.15) is 6.26 Å². The van der Waals surface area contributed by atoms with Gasteiger partial charge >= 0.3 is 0 Å². The van der Waals surface area contributed by atoms with Crippen molar-refractivity contribution in [1.82, 2.24) is 10.3 Å². The van der Waals surface area contributed by atoms with E-state index < -0.39 is 0 Å². The Balaban J connectivity index is 1.88. The molecule has 0 spiro atoms. The molecular formula is C16H23N3O. The third kappa shape index (κ3) is 4.38. The highest BCUT2D eigenvalue weighted by molar-refractivity contribution is 5.28. The first-order valence-corrected chi connectivity index (χ1v) is 7.05. The van der Waals surface area contributed by atoms with Crippen molar-refractivity contribution in [1.29, 1.82) is 0 Å². The van der Waals surface area contributed by atoms with Crippen LogP contribution in [0.2, 0.25) is 0 Å². The quantitative estimate of drug-likeness (QED) is 0.842. The Morgan fingerprint density at radius 2 is 2.00 bits per heavy atom. The molecule has 20 heavy (non-hydrogen) atoms. The molecule has 0 unspecified atom stereocenters. The van der Waals surface area contributed by atoms with Crippen molar-refractivity contribution < 1.29 is 4.42 Å². The van der Waals surface area contributed by atoms with Crippen LogP contribution in [0.15, 0.2) is 41.0 Å². The molecule has 1 N–H and O–H groups in total. The van der Waals surface area contributed by atoms with E-state index in [0.717, 1.165) is 25.3 Å². The first kappa shape index (κ1) is 14.6. The Bertz CT molecular complexity index is 507. The minimum atomic E-state index is 0.641. The summed E-state index contributed by atoms with van der Waals surface area (Å²) < 4.78 is 5.53. The molecule has 0 saturated carbocycles. The second-order valence-corrected chi connectivity index (χ2v) is 5.49. The zero-order valence-electron chi connectivity index (χ0n) is 12.5. The molecule has 2 rings (SSSR count). The third-order valence-corrected chi connectivity index (χ3v) is 2.99. The lowest BCUT2D eigenvalue weighted by Crippen LogP contribution is -2.20. The highest BCUT2D eigenvalue weighted by atomic mass is 16.4. The molecule has 0 atom stereocenters. The third-order valence-electron chi connectivity index (χ3n) is 2.99. The summed E-state index contributed by atoms with van der Waals surface area (Å²) in [5.41, 5.74) is 2.19. The van der Waals surface area contributed by atoms with Gasteiger partial charge in [-0.1, -0.05) is 44.2 Å². The van der Waals surface area contributed by atoms with Gasteiger partial charge in [0.05, 0.1) is 5.69 Å². The SMILES string of the molecule is CC(C)CNCc1coc(N(C)Cc2ccccc2)n1. The monoisotopic (exact) mass is 273 g/mol. The molecule has 0 fully saturated rings. The Hall–Kier alpha value is -1.81. The van der Waals surface area contributed by atoms with E-state index in [2.05, 4.69) is 36.3 Å². The van der Waals surface area contributed by atoms with Gasteiger partial charge in [0, 0.05) is 20.1 Å². The molecule has 0 radical (unpaired) electrons. The van der Waals surface area contributed by atoms with E-state index in [0.29, 0.717) is 11.9 Å². The number of nitrogens with zero attached hydrogens (tertiary/aromatic N) is 2. The fraction of sp³-hybridized carbons (Fsp3) is 0.438. The zero-order valence-corrected chi connectivity index (χ0v) is 12.5. The summed E-state index contributed by atoms with van der Waals surface area (Å²) in [6.07, 6.45) is 1.73. The van der Waals surface area contributed by atoms with Crippen molar-refractivity contribution in [2.24, 2.45) is 5.92 Å². The Morgan fingerprint density at radius 1 is 1.25 bits per heavy atom. The number of oxazole rings is 1. The number of aromatic nitrogens is 1. The maximum absolute atomic E-state index is 5.53. The smallest absolute Gasteiger partial charge is 0.297 e. The van der Waals surface area contributed by atoms with Crippen LogP contribution in [0.4, 0.5) is 6.01 Å². The number of nitrogens with one attached hydrogen (secondary N) is 1. The highest BCUT2D eigenvalue weighted by Gasteiger charge is 2.09. The van der Waals surface area contributed by atoms with Gasteiger partial charge in [-0.05, 0) is 18.0 Å². The second kappa shape index (κ2) is 7.10. The second-order valence-electron chi connectivity index (χ2n) is 5.49. The van der Waals surface area contributed by atoms with Crippen LogP contribution >= 0.6 is 0 Å². The summed E-state index contributed by atoms with van der Waals surface area (Å²) in [7, 11) is 1.99. The molecular weight excluding hydrogens is 250 g/mol. The van der Waals surface area contributed by atoms with Gasteiger partial charge in [-0.15, -0.1) is 0 Å². The fourth-order valence-corrected chi connectivity index (χ4v) is 1.97. The normalized spacial score (nSPS) is 11.0. The lowest BCUT2D eigenvalue weighted by Gasteiger charge is -2.14. The molecule has 108 valence electrons. The molecule has 1 aromatic carbocycles. The van der Waals surface area contributed by atoms with Crippen molar-refractivity contribution >= 4 is 6.01 Å². The van der Waals surface area contributed by atoms with Crippen molar-refractivity contribution in [3.05, 3.63) is 47.9 Å². The van der Waals surface area contributed by atoms with Gasteiger partial charge < -0.3 is 14.6 Å². The first-order chi connectivity index (χ1) is 9.65. The summed E-state index contributed by atoms with van der Waals surface area (Å²) in [4.78, 5) is 6.52. The molecule has 1 heterocycles. The molecule has 0 amide bonds. The topological polar surface area (TPSA) is 41.3 Å². The van der Waals surface area contributed by atoms with E-state index in [1.165, 1.54) is 5.56 Å². The number of rotatable bonds is 7. The van der Waals surface area contributed by atoms with Gasteiger partial charge in [-0.3, -0.25) is 0 Å². The number of hydrogen-bond acceptors (Lipinski definition) is 4.